The van der Waals surface area contributed by atoms with E-state index in [4.69, 9.17) is 11.6 Å². The monoisotopic (exact) mass is 238 g/mol. The topological polar surface area (TPSA) is 42.9 Å². The Hall–Kier alpha value is -1.26. The molecule has 0 saturated heterocycles. The van der Waals surface area contributed by atoms with Crippen molar-refractivity contribution < 1.29 is 4.79 Å². The summed E-state index contributed by atoms with van der Waals surface area (Å²) < 4.78 is 3.65. The third kappa shape index (κ3) is 2.40. The SMILES string of the molecule is O=C(Cc1ccccc1Cl)c1csnn1. The fourth-order valence-corrected chi connectivity index (χ4v) is 1.85. The van der Waals surface area contributed by atoms with Crippen LogP contribution in [0.25, 0.3) is 0 Å². The molecule has 0 atom stereocenters. The first-order valence-electron chi connectivity index (χ1n) is 4.31. The third-order valence-electron chi connectivity index (χ3n) is 1.95. The minimum absolute atomic E-state index is 0.0585. The maximum absolute atomic E-state index is 11.7. The summed E-state index contributed by atoms with van der Waals surface area (Å²) in [6, 6.07) is 7.29. The van der Waals surface area contributed by atoms with E-state index < -0.39 is 0 Å². The van der Waals surface area contributed by atoms with Crippen molar-refractivity contribution in [1.29, 1.82) is 0 Å². The van der Waals surface area contributed by atoms with Gasteiger partial charge in [-0.2, -0.15) is 0 Å². The van der Waals surface area contributed by atoms with Crippen LogP contribution in [0.4, 0.5) is 0 Å². The predicted molar refractivity (Wildman–Crippen MR) is 59.4 cm³/mol. The van der Waals surface area contributed by atoms with Crippen LogP contribution in [-0.2, 0) is 6.42 Å². The van der Waals surface area contributed by atoms with Gasteiger partial charge in [-0.1, -0.05) is 34.3 Å². The van der Waals surface area contributed by atoms with E-state index in [2.05, 4.69) is 9.59 Å². The molecule has 0 unspecified atom stereocenters. The number of hydrogen-bond acceptors (Lipinski definition) is 4. The smallest absolute Gasteiger partial charge is 0.188 e. The van der Waals surface area contributed by atoms with Gasteiger partial charge in [-0.15, -0.1) is 5.10 Å². The van der Waals surface area contributed by atoms with Crippen LogP contribution in [0.5, 0.6) is 0 Å². The standard InChI is InChI=1S/C10H7ClN2OS/c11-8-4-2-1-3-7(8)5-10(14)9-6-15-13-12-9/h1-4,6H,5H2. The number of nitrogens with zero attached hydrogens (tertiary/aromatic N) is 2. The van der Waals surface area contributed by atoms with Gasteiger partial charge in [0.15, 0.2) is 5.78 Å². The molecule has 0 aliphatic rings. The Kier molecular flexibility index (Phi) is 3.08. The van der Waals surface area contributed by atoms with Gasteiger partial charge in [0.25, 0.3) is 0 Å². The van der Waals surface area contributed by atoms with Crippen LogP contribution >= 0.6 is 23.1 Å². The molecular formula is C10H7ClN2OS. The average molecular weight is 239 g/mol. The van der Waals surface area contributed by atoms with Crippen molar-refractivity contribution in [3.63, 3.8) is 0 Å². The lowest BCUT2D eigenvalue weighted by Crippen LogP contribution is -2.04. The van der Waals surface area contributed by atoms with Crippen molar-refractivity contribution >= 4 is 28.9 Å². The van der Waals surface area contributed by atoms with E-state index in [1.54, 1.807) is 11.4 Å². The molecule has 1 aromatic heterocycles. The largest absolute Gasteiger partial charge is 0.292 e. The molecule has 1 aromatic carbocycles. The quantitative estimate of drug-likeness (QED) is 0.772. The fourth-order valence-electron chi connectivity index (χ4n) is 1.19. The summed E-state index contributed by atoms with van der Waals surface area (Å²) in [5.74, 6) is -0.0585. The molecule has 0 saturated carbocycles. The summed E-state index contributed by atoms with van der Waals surface area (Å²) in [4.78, 5) is 11.7. The molecule has 2 rings (SSSR count). The second-order valence-corrected chi connectivity index (χ2v) is 4.00. The normalized spacial score (nSPS) is 10.2. The van der Waals surface area contributed by atoms with Crippen molar-refractivity contribution in [1.82, 2.24) is 9.59 Å². The maximum atomic E-state index is 11.7. The van der Waals surface area contributed by atoms with E-state index in [-0.39, 0.29) is 12.2 Å². The van der Waals surface area contributed by atoms with Crippen LogP contribution in [-0.4, -0.2) is 15.4 Å². The zero-order valence-electron chi connectivity index (χ0n) is 7.68. The second-order valence-electron chi connectivity index (χ2n) is 2.98. The van der Waals surface area contributed by atoms with Crippen molar-refractivity contribution in [2.45, 2.75) is 6.42 Å². The number of benzene rings is 1. The molecule has 2 aromatic rings. The van der Waals surface area contributed by atoms with Crippen LogP contribution in [0.15, 0.2) is 29.6 Å². The third-order valence-corrected chi connectivity index (χ3v) is 2.83. The van der Waals surface area contributed by atoms with Crippen molar-refractivity contribution in [2.24, 2.45) is 0 Å². The molecule has 0 bridgehead atoms. The van der Waals surface area contributed by atoms with E-state index in [9.17, 15) is 4.79 Å². The lowest BCUT2D eigenvalue weighted by molar-refractivity contribution is 0.0988. The Labute approximate surface area is 95.9 Å². The summed E-state index contributed by atoms with van der Waals surface area (Å²) in [6.45, 7) is 0. The molecule has 0 spiro atoms. The van der Waals surface area contributed by atoms with Gasteiger partial charge in [0.2, 0.25) is 0 Å². The molecule has 0 N–H and O–H groups in total. The minimum atomic E-state index is -0.0585. The molecule has 76 valence electrons. The maximum Gasteiger partial charge on any atom is 0.188 e. The number of ketones is 1. The Balaban J connectivity index is 2.17. The molecule has 5 heteroatoms. The van der Waals surface area contributed by atoms with Crippen molar-refractivity contribution in [3.8, 4) is 0 Å². The summed E-state index contributed by atoms with van der Waals surface area (Å²) in [6.07, 6.45) is 0.269. The van der Waals surface area contributed by atoms with Gasteiger partial charge in [-0.25, -0.2) is 0 Å². The minimum Gasteiger partial charge on any atom is -0.292 e. The highest BCUT2D eigenvalue weighted by Crippen LogP contribution is 2.16. The Bertz CT molecular complexity index is 470. The van der Waals surface area contributed by atoms with E-state index in [1.807, 2.05) is 18.2 Å². The van der Waals surface area contributed by atoms with Crippen LogP contribution in [0.2, 0.25) is 5.02 Å². The highest BCUT2D eigenvalue weighted by molar-refractivity contribution is 7.03. The molecule has 15 heavy (non-hydrogen) atoms. The Morgan fingerprint density at radius 1 is 1.40 bits per heavy atom. The van der Waals surface area contributed by atoms with Crippen LogP contribution in [0, 0.1) is 0 Å². The average Bonchev–Trinajstić information content (AvgIpc) is 2.74. The van der Waals surface area contributed by atoms with Gasteiger partial charge in [0.1, 0.15) is 5.69 Å². The predicted octanol–water partition coefficient (Wildman–Crippen LogP) is 2.62. The zero-order chi connectivity index (χ0) is 10.7. The summed E-state index contributed by atoms with van der Waals surface area (Å²) in [5.41, 5.74) is 1.22. The number of hydrogen-bond donors (Lipinski definition) is 0. The van der Waals surface area contributed by atoms with E-state index >= 15 is 0 Å². The van der Waals surface area contributed by atoms with Gasteiger partial charge in [0.05, 0.1) is 0 Å². The van der Waals surface area contributed by atoms with Crippen molar-refractivity contribution in [3.05, 3.63) is 45.9 Å². The van der Waals surface area contributed by atoms with E-state index in [0.717, 1.165) is 5.56 Å². The number of rotatable bonds is 3. The van der Waals surface area contributed by atoms with Gasteiger partial charge in [-0.05, 0) is 23.2 Å². The molecule has 3 nitrogen and oxygen atoms in total. The molecule has 0 fully saturated rings. The molecule has 0 amide bonds. The number of carbonyl (C=O) groups is 1. The van der Waals surface area contributed by atoms with Gasteiger partial charge in [-0.3, -0.25) is 4.79 Å². The molecule has 0 aliphatic carbocycles. The number of Topliss-reactive ketones (excluding diaryl/α,β-unsaturated/α-hetero) is 1. The highest BCUT2D eigenvalue weighted by Gasteiger charge is 2.11. The summed E-state index contributed by atoms with van der Waals surface area (Å²) in [5, 5.41) is 5.96. The molecule has 0 aliphatic heterocycles. The Morgan fingerprint density at radius 2 is 2.20 bits per heavy atom. The molecule has 0 radical (unpaired) electrons. The summed E-state index contributed by atoms with van der Waals surface area (Å²) in [7, 11) is 0. The fraction of sp³-hybridized carbons (Fsp3) is 0.100. The molecule has 1 heterocycles. The van der Waals surface area contributed by atoms with Gasteiger partial charge < -0.3 is 0 Å². The van der Waals surface area contributed by atoms with Gasteiger partial charge >= 0.3 is 0 Å². The van der Waals surface area contributed by atoms with E-state index in [1.165, 1.54) is 11.5 Å². The number of halogens is 1. The summed E-state index contributed by atoms with van der Waals surface area (Å²) >= 11 is 7.11. The lowest BCUT2D eigenvalue weighted by Gasteiger charge is -2.00. The highest BCUT2D eigenvalue weighted by atomic mass is 35.5. The number of carbonyl (C=O) groups excluding carboxylic acids is 1. The first-order valence-corrected chi connectivity index (χ1v) is 5.52. The van der Waals surface area contributed by atoms with E-state index in [0.29, 0.717) is 10.7 Å². The van der Waals surface area contributed by atoms with Crippen LogP contribution in [0.3, 0.4) is 0 Å². The van der Waals surface area contributed by atoms with Crippen molar-refractivity contribution in [2.75, 3.05) is 0 Å². The zero-order valence-corrected chi connectivity index (χ0v) is 9.26. The van der Waals surface area contributed by atoms with Crippen LogP contribution in [0.1, 0.15) is 16.1 Å². The van der Waals surface area contributed by atoms with Crippen LogP contribution < -0.4 is 0 Å². The first kappa shape index (κ1) is 10.3. The Morgan fingerprint density at radius 3 is 2.87 bits per heavy atom. The van der Waals surface area contributed by atoms with Gasteiger partial charge in [0, 0.05) is 16.8 Å². The second kappa shape index (κ2) is 4.51. The molecular weight excluding hydrogens is 232 g/mol. The lowest BCUT2D eigenvalue weighted by atomic mass is 10.1. The number of aromatic nitrogens is 2. The first-order chi connectivity index (χ1) is 7.27.